The van der Waals surface area contributed by atoms with Crippen LogP contribution in [0.3, 0.4) is 0 Å². The van der Waals surface area contributed by atoms with Crippen LogP contribution < -0.4 is 10.6 Å². The summed E-state index contributed by atoms with van der Waals surface area (Å²) in [4.78, 5) is 49.2. The zero-order valence-electron chi connectivity index (χ0n) is 17.5. The number of hydrogen-bond donors (Lipinski definition) is 2. The maximum Gasteiger partial charge on any atom is 0.340 e. The Labute approximate surface area is 181 Å². The van der Waals surface area contributed by atoms with Crippen LogP contribution in [0.15, 0.2) is 48.5 Å². The Hall–Kier alpha value is -3.48. The van der Waals surface area contributed by atoms with E-state index < -0.39 is 18.5 Å². The molecular weight excluding hydrogens is 396 g/mol. The van der Waals surface area contributed by atoms with Crippen LogP contribution in [0, 0.1) is 12.8 Å². The van der Waals surface area contributed by atoms with Crippen molar-refractivity contribution in [3.05, 3.63) is 65.2 Å². The Kier molecular flexibility index (Phi) is 7.54. The molecule has 3 amide bonds. The minimum Gasteiger partial charge on any atom is -0.452 e. The zero-order valence-corrected chi connectivity index (χ0v) is 17.5. The van der Waals surface area contributed by atoms with E-state index in [1.54, 1.807) is 36.4 Å². The van der Waals surface area contributed by atoms with Gasteiger partial charge < -0.3 is 10.1 Å². The number of amides is 3. The first-order chi connectivity index (χ1) is 14.9. The van der Waals surface area contributed by atoms with Crippen molar-refractivity contribution < 1.29 is 23.9 Å². The third-order valence-corrected chi connectivity index (χ3v) is 5.25. The van der Waals surface area contributed by atoms with Crippen LogP contribution in [0.25, 0.3) is 0 Å². The fourth-order valence-corrected chi connectivity index (χ4v) is 3.60. The molecule has 1 saturated carbocycles. The first-order valence-electron chi connectivity index (χ1n) is 10.4. The molecule has 2 aromatic carbocycles. The highest BCUT2D eigenvalue weighted by molar-refractivity contribution is 6.08. The lowest BCUT2D eigenvalue weighted by molar-refractivity contribution is -0.135. The number of anilines is 1. The van der Waals surface area contributed by atoms with Crippen LogP contribution in [0.5, 0.6) is 0 Å². The van der Waals surface area contributed by atoms with Crippen LogP contribution in [0.1, 0.15) is 58.4 Å². The molecule has 2 N–H and O–H groups in total. The molecule has 1 aliphatic carbocycles. The molecule has 0 radical (unpaired) electrons. The molecule has 1 fully saturated rings. The normalized spacial score (nSPS) is 13.8. The van der Waals surface area contributed by atoms with Crippen molar-refractivity contribution in [2.24, 2.45) is 5.92 Å². The van der Waals surface area contributed by atoms with Crippen molar-refractivity contribution in [3.8, 4) is 0 Å². The van der Waals surface area contributed by atoms with Gasteiger partial charge in [0.1, 0.15) is 0 Å². The molecule has 7 heteroatoms. The lowest BCUT2D eigenvalue weighted by Crippen LogP contribution is -2.38. The van der Waals surface area contributed by atoms with E-state index in [-0.39, 0.29) is 29.0 Å². The predicted molar refractivity (Wildman–Crippen MR) is 116 cm³/mol. The number of esters is 1. The number of rotatable bonds is 6. The van der Waals surface area contributed by atoms with E-state index in [4.69, 9.17) is 4.74 Å². The van der Waals surface area contributed by atoms with E-state index in [1.165, 1.54) is 6.07 Å². The molecule has 1 aliphatic rings. The number of nitrogens with one attached hydrogen (secondary N) is 2. The van der Waals surface area contributed by atoms with E-state index in [1.807, 2.05) is 13.0 Å². The van der Waals surface area contributed by atoms with Gasteiger partial charge in [0, 0.05) is 11.5 Å². The van der Waals surface area contributed by atoms with Gasteiger partial charge in [-0.1, -0.05) is 49.1 Å². The number of aryl methyl sites for hydroxylation is 1. The molecule has 0 heterocycles. The maximum absolute atomic E-state index is 12.5. The fraction of sp³-hybridized carbons (Fsp3) is 0.333. The molecule has 3 rings (SSSR count). The van der Waals surface area contributed by atoms with Crippen molar-refractivity contribution in [2.75, 3.05) is 11.9 Å². The fourth-order valence-electron chi connectivity index (χ4n) is 3.60. The van der Waals surface area contributed by atoms with Gasteiger partial charge in [-0.25, -0.2) is 4.79 Å². The Morgan fingerprint density at radius 1 is 0.968 bits per heavy atom. The quantitative estimate of drug-likeness (QED) is 0.692. The van der Waals surface area contributed by atoms with Gasteiger partial charge in [-0.3, -0.25) is 19.7 Å². The van der Waals surface area contributed by atoms with E-state index in [0.29, 0.717) is 5.56 Å². The smallest absolute Gasteiger partial charge is 0.340 e. The number of carbonyl (C=O) groups excluding carboxylic acids is 4. The average molecular weight is 422 g/mol. The second-order valence-electron chi connectivity index (χ2n) is 7.69. The first-order valence-corrected chi connectivity index (χ1v) is 10.4. The summed E-state index contributed by atoms with van der Waals surface area (Å²) in [6.45, 7) is 1.31. The molecule has 7 nitrogen and oxygen atoms in total. The topological polar surface area (TPSA) is 102 Å². The largest absolute Gasteiger partial charge is 0.452 e. The van der Waals surface area contributed by atoms with E-state index >= 15 is 0 Å². The zero-order chi connectivity index (χ0) is 22.2. The Morgan fingerprint density at radius 2 is 1.71 bits per heavy atom. The molecule has 0 aromatic heterocycles. The standard InChI is InChI=1S/C24H26N2O5/c1-16-8-7-11-18(14-16)23(29)25-20-13-6-5-12-19(20)24(30)31-15-21(27)26-22(28)17-9-3-2-4-10-17/h5-8,11-14,17H,2-4,9-10,15H2,1H3,(H,25,29)(H,26,27,28). The van der Waals surface area contributed by atoms with Crippen LogP contribution in [-0.4, -0.2) is 30.3 Å². The highest BCUT2D eigenvalue weighted by atomic mass is 16.5. The summed E-state index contributed by atoms with van der Waals surface area (Å²) >= 11 is 0. The van der Waals surface area contributed by atoms with Gasteiger partial charge in [0.15, 0.2) is 6.61 Å². The number of imide groups is 1. The summed E-state index contributed by atoms with van der Waals surface area (Å²) in [6, 6.07) is 13.5. The molecule has 0 bridgehead atoms. The molecular formula is C24H26N2O5. The van der Waals surface area contributed by atoms with Gasteiger partial charge in [-0.15, -0.1) is 0 Å². The number of carbonyl (C=O) groups is 4. The molecule has 0 atom stereocenters. The van der Waals surface area contributed by atoms with E-state index in [0.717, 1.165) is 37.7 Å². The van der Waals surface area contributed by atoms with Crippen LogP contribution in [-0.2, 0) is 14.3 Å². The van der Waals surface area contributed by atoms with Crippen LogP contribution in [0.4, 0.5) is 5.69 Å². The number of hydrogen-bond acceptors (Lipinski definition) is 5. The average Bonchev–Trinajstić information content (AvgIpc) is 2.78. The summed E-state index contributed by atoms with van der Waals surface area (Å²) < 4.78 is 5.07. The second kappa shape index (κ2) is 10.5. The molecule has 0 saturated heterocycles. The number of para-hydroxylation sites is 1. The molecule has 31 heavy (non-hydrogen) atoms. The molecule has 0 unspecified atom stereocenters. The van der Waals surface area contributed by atoms with Gasteiger partial charge >= 0.3 is 5.97 Å². The van der Waals surface area contributed by atoms with Crippen molar-refractivity contribution in [2.45, 2.75) is 39.0 Å². The third-order valence-electron chi connectivity index (χ3n) is 5.25. The third kappa shape index (κ3) is 6.25. The predicted octanol–water partition coefficient (Wildman–Crippen LogP) is 3.63. The molecule has 162 valence electrons. The number of ether oxygens (including phenoxy) is 1. The number of benzene rings is 2. The van der Waals surface area contributed by atoms with Gasteiger partial charge in [-0.05, 0) is 44.0 Å². The summed E-state index contributed by atoms with van der Waals surface area (Å²) in [5.74, 6) is -2.26. The van der Waals surface area contributed by atoms with Crippen LogP contribution in [0.2, 0.25) is 0 Å². The Morgan fingerprint density at radius 3 is 2.45 bits per heavy atom. The summed E-state index contributed by atoms with van der Waals surface area (Å²) in [7, 11) is 0. The molecule has 0 spiro atoms. The molecule has 0 aliphatic heterocycles. The Bertz CT molecular complexity index is 979. The summed E-state index contributed by atoms with van der Waals surface area (Å²) in [5, 5.41) is 5.01. The van der Waals surface area contributed by atoms with E-state index in [9.17, 15) is 19.2 Å². The SMILES string of the molecule is Cc1cccc(C(=O)Nc2ccccc2C(=O)OCC(=O)NC(=O)C2CCCCC2)c1. The van der Waals surface area contributed by atoms with Gasteiger partial charge in [0.05, 0.1) is 11.3 Å². The van der Waals surface area contributed by atoms with Gasteiger partial charge in [0.2, 0.25) is 5.91 Å². The van der Waals surface area contributed by atoms with Crippen molar-refractivity contribution in [1.82, 2.24) is 5.32 Å². The maximum atomic E-state index is 12.5. The molecule has 2 aromatic rings. The Balaban J connectivity index is 1.57. The minimum absolute atomic E-state index is 0.120. The van der Waals surface area contributed by atoms with Crippen LogP contribution >= 0.6 is 0 Å². The van der Waals surface area contributed by atoms with Gasteiger partial charge in [0.25, 0.3) is 11.8 Å². The highest BCUT2D eigenvalue weighted by Crippen LogP contribution is 2.23. The van der Waals surface area contributed by atoms with E-state index in [2.05, 4.69) is 10.6 Å². The first kappa shape index (κ1) is 22.2. The summed E-state index contributed by atoms with van der Waals surface area (Å²) in [5.41, 5.74) is 1.80. The van der Waals surface area contributed by atoms with Crippen molar-refractivity contribution in [1.29, 1.82) is 0 Å². The lowest BCUT2D eigenvalue weighted by Gasteiger charge is -2.20. The lowest BCUT2D eigenvalue weighted by atomic mass is 9.89. The summed E-state index contributed by atoms with van der Waals surface area (Å²) in [6.07, 6.45) is 4.60. The highest BCUT2D eigenvalue weighted by Gasteiger charge is 2.23. The minimum atomic E-state index is -0.764. The van der Waals surface area contributed by atoms with Crippen molar-refractivity contribution in [3.63, 3.8) is 0 Å². The monoisotopic (exact) mass is 422 g/mol. The second-order valence-corrected chi connectivity index (χ2v) is 7.69. The van der Waals surface area contributed by atoms with Crippen molar-refractivity contribution >= 4 is 29.4 Å². The van der Waals surface area contributed by atoms with Gasteiger partial charge in [-0.2, -0.15) is 0 Å².